The van der Waals surface area contributed by atoms with Gasteiger partial charge in [0, 0.05) is 5.57 Å². The van der Waals surface area contributed by atoms with Crippen molar-refractivity contribution in [3.63, 3.8) is 0 Å². The van der Waals surface area contributed by atoms with Crippen LogP contribution in [-0.2, 0) is 0 Å². The van der Waals surface area contributed by atoms with Gasteiger partial charge in [-0.15, -0.1) is 0 Å². The van der Waals surface area contributed by atoms with E-state index in [1.807, 2.05) is 0 Å². The Bertz CT molecular complexity index is 1800. The molecule has 1 atom stereocenters. The van der Waals surface area contributed by atoms with Gasteiger partial charge in [-0.3, -0.25) is 0 Å². The predicted molar refractivity (Wildman–Crippen MR) is 184 cm³/mol. The Hall–Kier alpha value is -4.84. The zero-order valence-corrected chi connectivity index (χ0v) is 25.5. The standard InChI is InChI=1S/C39H31NSi2/c1-7-19-31(20-8-1)37-38(32-21-9-2-10-22-32)40-41(34-25-13-4-14-26-34)42(35-27-15-5-16-28-35,36-29-17-6-18-30-36)39(37)33-23-11-3-12-24-33/h1-30,41H. The quantitative estimate of drug-likeness (QED) is 0.200. The summed E-state index contributed by atoms with van der Waals surface area (Å²) in [6, 6.07) is 66.7. The third kappa shape index (κ3) is 4.53. The second-order valence-corrected chi connectivity index (χ2v) is 19.9. The lowest BCUT2D eigenvalue weighted by Gasteiger charge is -2.44. The normalized spacial score (nSPS) is 16.1. The van der Waals surface area contributed by atoms with Crippen molar-refractivity contribution in [2.75, 3.05) is 0 Å². The van der Waals surface area contributed by atoms with Gasteiger partial charge in [-0.1, -0.05) is 182 Å². The van der Waals surface area contributed by atoms with Gasteiger partial charge >= 0.3 is 0 Å². The van der Waals surface area contributed by atoms with E-state index in [9.17, 15) is 0 Å². The highest BCUT2D eigenvalue weighted by atomic mass is 29.2. The summed E-state index contributed by atoms with van der Waals surface area (Å²) < 4.78 is 6.02. The summed E-state index contributed by atoms with van der Waals surface area (Å²) in [5, 5.41) is 5.67. The van der Waals surface area contributed by atoms with Crippen molar-refractivity contribution in [2.24, 2.45) is 4.66 Å². The number of hydrogen-bond acceptors (Lipinski definition) is 1. The van der Waals surface area contributed by atoms with Gasteiger partial charge in [0.2, 0.25) is 8.48 Å². The maximum Gasteiger partial charge on any atom is 0.201 e. The summed E-state index contributed by atoms with van der Waals surface area (Å²) in [6.45, 7) is 0. The molecule has 6 aromatic carbocycles. The molecule has 200 valence electrons. The van der Waals surface area contributed by atoms with Gasteiger partial charge in [-0.05, 0) is 37.4 Å². The highest BCUT2D eigenvalue weighted by Gasteiger charge is 2.54. The fraction of sp³-hybridized carbons (Fsp3) is 0. The maximum atomic E-state index is 6.02. The smallest absolute Gasteiger partial charge is 0.201 e. The molecule has 42 heavy (non-hydrogen) atoms. The van der Waals surface area contributed by atoms with E-state index in [1.54, 1.807) is 0 Å². The first-order chi connectivity index (χ1) is 20.9. The van der Waals surface area contributed by atoms with Crippen LogP contribution in [0.25, 0.3) is 10.8 Å². The molecule has 3 heteroatoms. The fourth-order valence-electron chi connectivity index (χ4n) is 6.55. The van der Waals surface area contributed by atoms with Crippen LogP contribution in [-0.4, -0.2) is 21.8 Å². The summed E-state index contributed by atoms with van der Waals surface area (Å²) in [5.41, 5.74) is 6.03. The van der Waals surface area contributed by atoms with Crippen LogP contribution in [0.1, 0.15) is 16.7 Å². The van der Waals surface area contributed by atoms with Crippen molar-refractivity contribution in [1.82, 2.24) is 0 Å². The third-order valence-corrected chi connectivity index (χ3v) is 21.2. The Morgan fingerprint density at radius 2 is 0.762 bits per heavy atom. The summed E-state index contributed by atoms with van der Waals surface area (Å²) in [4.78, 5) is 0. The second-order valence-electron chi connectivity index (χ2n) is 10.7. The first-order valence-corrected chi connectivity index (χ1v) is 19.4. The van der Waals surface area contributed by atoms with Crippen LogP contribution in [0, 0.1) is 0 Å². The molecule has 7 rings (SSSR count). The van der Waals surface area contributed by atoms with Gasteiger partial charge in [-0.2, -0.15) is 0 Å². The third-order valence-electron chi connectivity index (χ3n) is 8.30. The molecule has 0 saturated heterocycles. The Balaban J connectivity index is 1.73. The van der Waals surface area contributed by atoms with E-state index < -0.39 is 16.1 Å². The minimum atomic E-state index is -2.76. The molecule has 0 amide bonds. The largest absolute Gasteiger partial charge is 0.321 e. The van der Waals surface area contributed by atoms with Crippen LogP contribution in [0.15, 0.2) is 187 Å². The molecule has 1 aliphatic rings. The highest BCUT2D eigenvalue weighted by molar-refractivity contribution is 7.55. The molecule has 0 N–H and O–H groups in total. The molecule has 0 aliphatic carbocycles. The fourth-order valence-corrected chi connectivity index (χ4v) is 20.9. The summed E-state index contributed by atoms with van der Waals surface area (Å²) in [7, 11) is -4.90. The minimum absolute atomic E-state index is 1.11. The van der Waals surface area contributed by atoms with Crippen molar-refractivity contribution >= 4 is 48.1 Å². The van der Waals surface area contributed by atoms with Gasteiger partial charge in [-0.25, -0.2) is 0 Å². The Kier molecular flexibility index (Phi) is 7.19. The average Bonchev–Trinajstić information content (AvgIpc) is 3.09. The van der Waals surface area contributed by atoms with Crippen molar-refractivity contribution < 1.29 is 0 Å². The molecule has 0 bridgehead atoms. The minimum Gasteiger partial charge on any atom is -0.321 e. The van der Waals surface area contributed by atoms with Crippen molar-refractivity contribution in [3.05, 3.63) is 199 Å². The van der Waals surface area contributed by atoms with Crippen LogP contribution < -0.4 is 15.6 Å². The molecular formula is C39H31NSi2. The molecule has 0 fully saturated rings. The first-order valence-electron chi connectivity index (χ1n) is 14.5. The van der Waals surface area contributed by atoms with E-state index in [-0.39, 0.29) is 0 Å². The first kappa shape index (κ1) is 26.1. The molecule has 0 aromatic heterocycles. The molecule has 1 nitrogen and oxygen atoms in total. The summed E-state index contributed by atoms with van der Waals surface area (Å²) in [6.07, 6.45) is 0. The van der Waals surface area contributed by atoms with Crippen LogP contribution in [0.2, 0.25) is 0 Å². The number of hydrogen-bond donors (Lipinski definition) is 0. The van der Waals surface area contributed by atoms with E-state index in [1.165, 1.54) is 43.0 Å². The lowest BCUT2D eigenvalue weighted by molar-refractivity contribution is 1.56. The molecule has 0 radical (unpaired) electrons. The van der Waals surface area contributed by atoms with E-state index in [2.05, 4.69) is 182 Å². The molecular weight excluding hydrogens is 539 g/mol. The number of allylic oxidation sites excluding steroid dienone is 1. The summed E-state index contributed by atoms with van der Waals surface area (Å²) >= 11 is 0. The molecule has 0 spiro atoms. The van der Waals surface area contributed by atoms with Crippen molar-refractivity contribution in [1.29, 1.82) is 0 Å². The van der Waals surface area contributed by atoms with Crippen molar-refractivity contribution in [2.45, 2.75) is 0 Å². The Morgan fingerprint density at radius 1 is 0.381 bits per heavy atom. The van der Waals surface area contributed by atoms with E-state index in [0.29, 0.717) is 0 Å². The lowest BCUT2D eigenvalue weighted by atomic mass is 9.93. The predicted octanol–water partition coefficient (Wildman–Crippen LogP) is 6.61. The molecule has 0 saturated carbocycles. The van der Waals surface area contributed by atoms with Crippen LogP contribution in [0.3, 0.4) is 0 Å². The topological polar surface area (TPSA) is 12.4 Å². The monoisotopic (exact) mass is 569 g/mol. The Labute approximate surface area is 250 Å². The highest BCUT2D eigenvalue weighted by Crippen LogP contribution is 2.41. The molecule has 1 aliphatic heterocycles. The van der Waals surface area contributed by atoms with Crippen molar-refractivity contribution in [3.8, 4) is 0 Å². The number of rotatable bonds is 6. The maximum absolute atomic E-state index is 6.02. The molecule has 1 unspecified atom stereocenters. The SMILES string of the molecule is c1ccc(C2=N[SiH](c3ccccc3)[Si](c3ccccc3)(c3ccccc3)C(c3ccccc3)=C2c2ccccc2)cc1. The zero-order valence-electron chi connectivity index (χ0n) is 23.3. The zero-order chi connectivity index (χ0) is 28.2. The Morgan fingerprint density at radius 3 is 1.24 bits per heavy atom. The van der Waals surface area contributed by atoms with E-state index in [4.69, 9.17) is 4.66 Å². The average molecular weight is 570 g/mol. The number of benzene rings is 6. The van der Waals surface area contributed by atoms with Gasteiger partial charge in [0.15, 0.2) is 7.59 Å². The van der Waals surface area contributed by atoms with Crippen LogP contribution in [0.4, 0.5) is 0 Å². The second kappa shape index (κ2) is 11.6. The van der Waals surface area contributed by atoms with Crippen LogP contribution in [0.5, 0.6) is 0 Å². The van der Waals surface area contributed by atoms with Crippen LogP contribution >= 0.6 is 0 Å². The molecule has 1 heterocycles. The van der Waals surface area contributed by atoms with E-state index in [0.717, 1.165) is 5.71 Å². The van der Waals surface area contributed by atoms with Gasteiger partial charge in [0.25, 0.3) is 0 Å². The lowest BCUT2D eigenvalue weighted by Crippen LogP contribution is -2.74. The molecule has 6 aromatic rings. The van der Waals surface area contributed by atoms with E-state index >= 15 is 0 Å². The van der Waals surface area contributed by atoms with Gasteiger partial charge < -0.3 is 4.66 Å². The van der Waals surface area contributed by atoms with Gasteiger partial charge in [0.1, 0.15) is 0 Å². The number of nitrogens with zero attached hydrogens (tertiary/aromatic N) is 1. The summed E-state index contributed by atoms with van der Waals surface area (Å²) in [5.74, 6) is 0. The van der Waals surface area contributed by atoms with Gasteiger partial charge in [0.05, 0.1) is 5.71 Å².